The molecule has 14 heavy (non-hydrogen) atoms. The van der Waals surface area contributed by atoms with Crippen molar-refractivity contribution < 1.29 is 9.53 Å². The van der Waals surface area contributed by atoms with Crippen molar-refractivity contribution in [3.63, 3.8) is 0 Å². The predicted octanol–water partition coefficient (Wildman–Crippen LogP) is 2.06. The molecule has 0 saturated heterocycles. The van der Waals surface area contributed by atoms with E-state index in [-0.39, 0.29) is 11.8 Å². The molecule has 0 radical (unpaired) electrons. The van der Waals surface area contributed by atoms with Crippen molar-refractivity contribution in [2.24, 2.45) is 0 Å². The first-order chi connectivity index (χ1) is 6.77. The van der Waals surface area contributed by atoms with Gasteiger partial charge in [-0.25, -0.2) is 4.79 Å². The van der Waals surface area contributed by atoms with Crippen LogP contribution in [0.5, 0.6) is 0 Å². The summed E-state index contributed by atoms with van der Waals surface area (Å²) in [4.78, 5) is 11.1. The highest BCUT2D eigenvalue weighted by Gasteiger charge is 2.03. The zero-order valence-electron chi connectivity index (χ0n) is 7.71. The Morgan fingerprint density at radius 1 is 1.57 bits per heavy atom. The number of halogens is 1. The summed E-state index contributed by atoms with van der Waals surface area (Å²) in [5.74, 6) is 5.45. The number of carbonyl (C=O) groups is 1. The second kappa shape index (κ2) is 5.31. The Hall–Kier alpha value is -1.46. The van der Waals surface area contributed by atoms with E-state index < -0.39 is 0 Å². The van der Waals surface area contributed by atoms with Crippen LogP contribution in [0.4, 0.5) is 0 Å². The van der Waals surface area contributed by atoms with Gasteiger partial charge in [0.15, 0.2) is 0 Å². The fraction of sp³-hybridized carbons (Fsp3) is 0.182. The van der Waals surface area contributed by atoms with Crippen molar-refractivity contribution in [2.75, 3.05) is 13.0 Å². The van der Waals surface area contributed by atoms with E-state index >= 15 is 0 Å². The van der Waals surface area contributed by atoms with Gasteiger partial charge < -0.3 is 4.74 Å². The minimum Gasteiger partial charge on any atom is -0.465 e. The Morgan fingerprint density at radius 3 is 3.00 bits per heavy atom. The molecule has 0 atom stereocenters. The average molecular weight is 209 g/mol. The number of methoxy groups -OCH3 is 1. The maximum absolute atomic E-state index is 11.1. The largest absolute Gasteiger partial charge is 0.465 e. The Morgan fingerprint density at radius 2 is 2.36 bits per heavy atom. The Bertz CT molecular complexity index is 388. The summed E-state index contributed by atoms with van der Waals surface area (Å²) in [7, 11) is 1.35. The van der Waals surface area contributed by atoms with Crippen LogP contribution in [0.2, 0.25) is 0 Å². The molecule has 1 aromatic rings. The van der Waals surface area contributed by atoms with E-state index in [1.807, 2.05) is 6.07 Å². The monoisotopic (exact) mass is 208 g/mol. The van der Waals surface area contributed by atoms with Crippen LogP contribution in [0.1, 0.15) is 15.9 Å². The number of rotatable bonds is 1. The van der Waals surface area contributed by atoms with E-state index in [2.05, 4.69) is 16.6 Å². The molecule has 0 saturated carbocycles. The van der Waals surface area contributed by atoms with E-state index in [1.54, 1.807) is 18.2 Å². The van der Waals surface area contributed by atoms with Crippen molar-refractivity contribution >= 4 is 17.6 Å². The number of hydrogen-bond donors (Lipinski definition) is 0. The lowest BCUT2D eigenvalue weighted by molar-refractivity contribution is 0.0600. The first-order valence-electron chi connectivity index (χ1n) is 4.01. The Labute approximate surface area is 87.8 Å². The van der Waals surface area contributed by atoms with Gasteiger partial charge in [-0.3, -0.25) is 0 Å². The lowest BCUT2D eigenvalue weighted by Gasteiger charge is -1.98. The van der Waals surface area contributed by atoms with Crippen LogP contribution in [0.25, 0.3) is 0 Å². The second-order valence-electron chi connectivity index (χ2n) is 2.51. The lowest BCUT2D eigenvalue weighted by atomic mass is 10.1. The molecular formula is C11H9ClO2. The zero-order valence-corrected chi connectivity index (χ0v) is 8.47. The zero-order chi connectivity index (χ0) is 10.4. The molecule has 0 N–H and O–H groups in total. The van der Waals surface area contributed by atoms with Gasteiger partial charge in [-0.15, -0.1) is 11.6 Å². The summed E-state index contributed by atoms with van der Waals surface area (Å²) in [5, 5.41) is 0. The molecule has 0 fully saturated rings. The molecule has 3 heteroatoms. The topological polar surface area (TPSA) is 26.3 Å². The van der Waals surface area contributed by atoms with Crippen molar-refractivity contribution in [3.8, 4) is 11.8 Å². The molecule has 0 amide bonds. The molecule has 1 aromatic carbocycles. The van der Waals surface area contributed by atoms with E-state index in [0.717, 1.165) is 5.56 Å². The molecule has 0 aliphatic carbocycles. The minimum absolute atomic E-state index is 0.280. The molecule has 0 heterocycles. The van der Waals surface area contributed by atoms with E-state index in [0.29, 0.717) is 5.56 Å². The summed E-state index contributed by atoms with van der Waals surface area (Å²) in [5.41, 5.74) is 1.25. The number of alkyl halides is 1. The summed E-state index contributed by atoms with van der Waals surface area (Å²) >= 11 is 5.42. The number of esters is 1. The molecule has 0 aromatic heterocycles. The summed E-state index contributed by atoms with van der Waals surface area (Å²) < 4.78 is 4.58. The van der Waals surface area contributed by atoms with Gasteiger partial charge in [-0.05, 0) is 18.2 Å². The van der Waals surface area contributed by atoms with Crippen LogP contribution >= 0.6 is 11.6 Å². The minimum atomic E-state index is -0.362. The van der Waals surface area contributed by atoms with Crippen molar-refractivity contribution in [1.82, 2.24) is 0 Å². The molecule has 72 valence electrons. The number of benzene rings is 1. The molecular weight excluding hydrogens is 200 g/mol. The van der Waals surface area contributed by atoms with Gasteiger partial charge in [0.2, 0.25) is 0 Å². The number of ether oxygens (including phenoxy) is 1. The second-order valence-corrected chi connectivity index (χ2v) is 2.78. The van der Waals surface area contributed by atoms with Gasteiger partial charge in [0.25, 0.3) is 0 Å². The van der Waals surface area contributed by atoms with Crippen molar-refractivity contribution in [3.05, 3.63) is 35.4 Å². The van der Waals surface area contributed by atoms with Crippen LogP contribution in [-0.2, 0) is 4.74 Å². The fourth-order valence-electron chi connectivity index (χ4n) is 0.977. The highest BCUT2D eigenvalue weighted by atomic mass is 35.5. The van der Waals surface area contributed by atoms with Gasteiger partial charge in [-0.2, -0.15) is 0 Å². The first kappa shape index (κ1) is 10.6. The lowest BCUT2D eigenvalue weighted by Crippen LogP contribution is -2.00. The maximum atomic E-state index is 11.1. The van der Waals surface area contributed by atoms with E-state index in [1.165, 1.54) is 7.11 Å². The third kappa shape index (κ3) is 2.79. The van der Waals surface area contributed by atoms with E-state index in [4.69, 9.17) is 11.6 Å². The highest BCUT2D eigenvalue weighted by molar-refractivity contribution is 6.19. The molecule has 0 bridgehead atoms. The smallest absolute Gasteiger partial charge is 0.337 e. The number of hydrogen-bond acceptors (Lipinski definition) is 2. The van der Waals surface area contributed by atoms with Crippen molar-refractivity contribution in [2.45, 2.75) is 0 Å². The average Bonchev–Trinajstić information content (AvgIpc) is 2.25. The predicted molar refractivity (Wildman–Crippen MR) is 55.4 cm³/mol. The molecule has 0 aliphatic heterocycles. The highest BCUT2D eigenvalue weighted by Crippen LogP contribution is 2.05. The third-order valence-corrected chi connectivity index (χ3v) is 1.72. The van der Waals surface area contributed by atoms with Crippen molar-refractivity contribution in [1.29, 1.82) is 0 Å². The van der Waals surface area contributed by atoms with Gasteiger partial charge in [0.1, 0.15) is 0 Å². The van der Waals surface area contributed by atoms with Crippen LogP contribution in [-0.4, -0.2) is 19.0 Å². The fourth-order valence-corrected chi connectivity index (χ4v) is 1.04. The first-order valence-corrected chi connectivity index (χ1v) is 4.54. The van der Waals surface area contributed by atoms with Gasteiger partial charge in [-0.1, -0.05) is 17.9 Å². The summed E-state index contributed by atoms with van der Waals surface area (Å²) in [6.45, 7) is 0. The van der Waals surface area contributed by atoms with Crippen LogP contribution < -0.4 is 0 Å². The molecule has 2 nitrogen and oxygen atoms in total. The summed E-state index contributed by atoms with van der Waals surface area (Å²) in [6.07, 6.45) is 0. The van der Waals surface area contributed by atoms with Crippen LogP contribution in [0, 0.1) is 11.8 Å². The van der Waals surface area contributed by atoms with Crippen LogP contribution in [0.15, 0.2) is 24.3 Å². The van der Waals surface area contributed by atoms with E-state index in [9.17, 15) is 4.79 Å². The molecule has 0 aliphatic rings. The van der Waals surface area contributed by atoms with Gasteiger partial charge in [0, 0.05) is 5.56 Å². The van der Waals surface area contributed by atoms with Gasteiger partial charge in [0.05, 0.1) is 18.6 Å². The number of carbonyl (C=O) groups excluding carboxylic acids is 1. The Kier molecular flexibility index (Phi) is 4.03. The summed E-state index contributed by atoms with van der Waals surface area (Å²) in [6, 6.07) is 6.92. The van der Waals surface area contributed by atoms with Crippen LogP contribution in [0.3, 0.4) is 0 Å². The SMILES string of the molecule is COC(=O)c1cccc(C#CCCl)c1. The molecule has 0 spiro atoms. The van der Waals surface area contributed by atoms with Gasteiger partial charge >= 0.3 is 5.97 Å². The standard InChI is InChI=1S/C11H9ClO2/c1-14-11(13)10-6-2-4-9(8-10)5-3-7-12/h2,4,6,8H,7H2,1H3. The quantitative estimate of drug-likeness (QED) is 0.401. The third-order valence-electron chi connectivity index (χ3n) is 1.58. The maximum Gasteiger partial charge on any atom is 0.337 e. The Balaban J connectivity index is 2.95. The molecule has 0 unspecified atom stereocenters. The normalized spacial score (nSPS) is 8.71. The molecule has 1 rings (SSSR count).